The first-order valence-corrected chi connectivity index (χ1v) is 22.6. The van der Waals surface area contributed by atoms with Crippen LogP contribution in [0.3, 0.4) is 0 Å². The number of carboxylic acids is 2. The van der Waals surface area contributed by atoms with E-state index in [0.717, 1.165) is 38.5 Å². The maximum Gasteiger partial charge on any atom is 0.326 e. The van der Waals surface area contributed by atoms with E-state index in [2.05, 4.69) is 16.0 Å². The van der Waals surface area contributed by atoms with E-state index >= 15 is 0 Å². The fourth-order valence-corrected chi connectivity index (χ4v) is 6.84. The van der Waals surface area contributed by atoms with E-state index in [0.29, 0.717) is 32.4 Å². The molecule has 0 unspecified atom stereocenters. The first-order valence-electron chi connectivity index (χ1n) is 22.6. The number of nitrogens with one attached hydrogen (secondary N) is 3. The Balaban J connectivity index is 2.02. The largest absolute Gasteiger partial charge is 0.481 e. The fraction of sp³-hybridized carbons (Fsp3) is 0.837. The number of hydrogen-bond donors (Lipinski definition) is 6. The van der Waals surface area contributed by atoms with Gasteiger partial charge < -0.3 is 55.7 Å². The van der Waals surface area contributed by atoms with Crippen molar-refractivity contribution in [3.63, 3.8) is 0 Å². The van der Waals surface area contributed by atoms with Gasteiger partial charge in [-0.2, -0.15) is 0 Å². The highest BCUT2D eigenvalue weighted by atomic mass is 16.5. The molecule has 61 heavy (non-hydrogen) atoms. The topological polar surface area (TPSA) is 262 Å². The molecule has 0 saturated carbocycles. The van der Waals surface area contributed by atoms with Gasteiger partial charge in [0.25, 0.3) is 0 Å². The standard InChI is InChI=1S/C43H77N5O13/c44-37(49)33-60-31-29-59-28-24-46-39(51)34-61-32-30-58-27-23-45-38(50)20-19-36(43(56)57)47-42(55)35-21-25-48(26-22-35)40(52)17-15-13-11-9-7-5-3-1-2-4-6-8-10-12-14-16-18-41(53)54/h35-36H,1-34H2,(H2,44,49)(H,45,50)(H,46,51)(H,47,55)(H,53,54)(H,56,57)/t36-/m0/s1. The predicted molar refractivity (Wildman–Crippen MR) is 227 cm³/mol. The first-order chi connectivity index (χ1) is 29.5. The van der Waals surface area contributed by atoms with Crippen molar-refractivity contribution in [1.29, 1.82) is 0 Å². The van der Waals surface area contributed by atoms with Crippen molar-refractivity contribution in [2.45, 2.75) is 147 Å². The zero-order valence-corrected chi connectivity index (χ0v) is 36.6. The second kappa shape index (κ2) is 37.9. The van der Waals surface area contributed by atoms with Crippen LogP contribution in [-0.2, 0) is 52.5 Å². The van der Waals surface area contributed by atoms with E-state index < -0.39 is 29.8 Å². The lowest BCUT2D eigenvalue weighted by molar-refractivity contribution is -0.143. The molecule has 0 aromatic heterocycles. The summed E-state index contributed by atoms with van der Waals surface area (Å²) in [4.78, 5) is 84.5. The number of likely N-dealkylation sites (tertiary alicyclic amines) is 1. The average Bonchev–Trinajstić information content (AvgIpc) is 3.23. The number of ether oxygens (including phenoxy) is 4. The molecule has 1 heterocycles. The van der Waals surface area contributed by atoms with Crippen LogP contribution >= 0.6 is 0 Å². The van der Waals surface area contributed by atoms with Crippen LogP contribution in [0.1, 0.15) is 141 Å². The molecule has 1 rings (SSSR count). The SMILES string of the molecule is NC(=O)COCCOCCNC(=O)COCCOCCNC(=O)CC[C@H](NC(=O)C1CCN(C(=O)CCCCCCCCCCCCCCCCCCC(=O)O)CC1)C(=O)O. The van der Waals surface area contributed by atoms with Crippen LogP contribution in [0.5, 0.6) is 0 Å². The molecule has 1 aliphatic heterocycles. The molecule has 0 radical (unpaired) electrons. The Morgan fingerprint density at radius 3 is 1.48 bits per heavy atom. The van der Waals surface area contributed by atoms with Crippen molar-refractivity contribution in [2.24, 2.45) is 11.7 Å². The number of unbranched alkanes of at least 4 members (excludes halogenated alkanes) is 15. The molecule has 1 saturated heterocycles. The van der Waals surface area contributed by atoms with Crippen molar-refractivity contribution in [1.82, 2.24) is 20.9 Å². The molecule has 352 valence electrons. The smallest absolute Gasteiger partial charge is 0.326 e. The maximum atomic E-state index is 12.9. The Bertz CT molecular complexity index is 1230. The molecule has 5 amide bonds. The molecular formula is C43H77N5O13. The van der Waals surface area contributed by atoms with Crippen LogP contribution < -0.4 is 21.7 Å². The monoisotopic (exact) mass is 872 g/mol. The van der Waals surface area contributed by atoms with Crippen LogP contribution in [-0.4, -0.2) is 142 Å². The Kier molecular flexibility index (Phi) is 34.2. The third-order valence-corrected chi connectivity index (χ3v) is 10.4. The Morgan fingerprint density at radius 2 is 1.00 bits per heavy atom. The van der Waals surface area contributed by atoms with Crippen molar-refractivity contribution in [3.05, 3.63) is 0 Å². The molecule has 18 nitrogen and oxygen atoms in total. The van der Waals surface area contributed by atoms with Crippen LogP contribution in [0.25, 0.3) is 0 Å². The summed E-state index contributed by atoms with van der Waals surface area (Å²) in [6.45, 7) is 2.37. The highest BCUT2D eigenvalue weighted by Crippen LogP contribution is 2.20. The van der Waals surface area contributed by atoms with Gasteiger partial charge >= 0.3 is 11.9 Å². The van der Waals surface area contributed by atoms with E-state index in [1.165, 1.54) is 64.2 Å². The highest BCUT2D eigenvalue weighted by Gasteiger charge is 2.30. The van der Waals surface area contributed by atoms with Crippen molar-refractivity contribution in [3.8, 4) is 0 Å². The van der Waals surface area contributed by atoms with E-state index in [4.69, 9.17) is 29.8 Å². The molecule has 1 fully saturated rings. The van der Waals surface area contributed by atoms with Gasteiger partial charge in [-0.05, 0) is 32.1 Å². The minimum absolute atomic E-state index is 0.0691. The average molecular weight is 872 g/mol. The lowest BCUT2D eigenvalue weighted by atomic mass is 9.95. The number of aliphatic carboxylic acids is 2. The summed E-state index contributed by atoms with van der Waals surface area (Å²) >= 11 is 0. The Labute approximate surface area is 362 Å². The van der Waals surface area contributed by atoms with Gasteiger partial charge in [0.15, 0.2) is 0 Å². The molecule has 0 bridgehead atoms. The van der Waals surface area contributed by atoms with Gasteiger partial charge in [-0.15, -0.1) is 0 Å². The number of carbonyl (C=O) groups excluding carboxylic acids is 5. The van der Waals surface area contributed by atoms with E-state index in [1.807, 2.05) is 0 Å². The predicted octanol–water partition coefficient (Wildman–Crippen LogP) is 3.47. The molecule has 0 aromatic rings. The molecule has 1 atom stereocenters. The van der Waals surface area contributed by atoms with Crippen LogP contribution in [0, 0.1) is 5.92 Å². The Hall–Kier alpha value is -3.87. The van der Waals surface area contributed by atoms with Crippen LogP contribution in [0.4, 0.5) is 0 Å². The number of carboxylic acid groups (broad SMARTS) is 2. The molecule has 0 aliphatic carbocycles. The molecule has 7 N–H and O–H groups in total. The van der Waals surface area contributed by atoms with Gasteiger partial charge in [0.2, 0.25) is 29.5 Å². The molecule has 18 heteroatoms. The van der Waals surface area contributed by atoms with Crippen LogP contribution in [0.15, 0.2) is 0 Å². The normalized spacial score (nSPS) is 13.4. The number of hydrogen-bond acceptors (Lipinski definition) is 11. The van der Waals surface area contributed by atoms with Gasteiger partial charge in [-0.3, -0.25) is 28.8 Å². The third kappa shape index (κ3) is 33.4. The van der Waals surface area contributed by atoms with Gasteiger partial charge in [0.1, 0.15) is 19.3 Å². The molecule has 0 aromatic carbocycles. The van der Waals surface area contributed by atoms with E-state index in [1.54, 1.807) is 4.90 Å². The number of rotatable bonds is 41. The summed E-state index contributed by atoms with van der Waals surface area (Å²) in [7, 11) is 0. The second-order valence-electron chi connectivity index (χ2n) is 15.6. The lowest BCUT2D eigenvalue weighted by Gasteiger charge is -2.32. The maximum absolute atomic E-state index is 12.9. The van der Waals surface area contributed by atoms with Gasteiger partial charge in [-0.25, -0.2) is 4.79 Å². The van der Waals surface area contributed by atoms with Gasteiger partial charge in [-0.1, -0.05) is 89.9 Å². The third-order valence-electron chi connectivity index (χ3n) is 10.4. The zero-order chi connectivity index (χ0) is 44.8. The first kappa shape index (κ1) is 55.1. The molecule has 0 spiro atoms. The summed E-state index contributed by atoms with van der Waals surface area (Å²) in [5.74, 6) is -3.83. The van der Waals surface area contributed by atoms with Gasteiger partial charge in [0.05, 0.1) is 39.6 Å². The van der Waals surface area contributed by atoms with Crippen molar-refractivity contribution >= 4 is 41.5 Å². The number of carbonyl (C=O) groups is 7. The van der Waals surface area contributed by atoms with E-state index in [9.17, 15) is 38.7 Å². The van der Waals surface area contributed by atoms with Crippen LogP contribution in [0.2, 0.25) is 0 Å². The van der Waals surface area contributed by atoms with Crippen molar-refractivity contribution < 1.29 is 62.7 Å². The summed E-state index contributed by atoms with van der Waals surface area (Å²) in [5, 5.41) is 26.2. The molecular weight excluding hydrogens is 794 g/mol. The minimum Gasteiger partial charge on any atom is -0.481 e. The quantitative estimate of drug-likeness (QED) is 0.0482. The lowest BCUT2D eigenvalue weighted by Crippen LogP contribution is -2.47. The highest BCUT2D eigenvalue weighted by molar-refractivity contribution is 5.86. The summed E-state index contributed by atoms with van der Waals surface area (Å²) in [6, 6.07) is -1.21. The summed E-state index contributed by atoms with van der Waals surface area (Å²) in [5.41, 5.74) is 4.95. The number of nitrogens with two attached hydrogens (primary N) is 1. The zero-order valence-electron chi connectivity index (χ0n) is 36.6. The number of primary amides is 1. The second-order valence-corrected chi connectivity index (χ2v) is 15.6. The fourth-order valence-electron chi connectivity index (χ4n) is 6.84. The summed E-state index contributed by atoms with van der Waals surface area (Å²) < 4.78 is 20.8. The Morgan fingerprint density at radius 1 is 0.557 bits per heavy atom. The molecule has 1 aliphatic rings. The van der Waals surface area contributed by atoms with E-state index in [-0.39, 0.29) is 109 Å². The number of amides is 5. The number of nitrogens with zero attached hydrogens (tertiary/aromatic N) is 1. The summed E-state index contributed by atoms with van der Waals surface area (Å²) in [6.07, 6.45) is 20.1. The van der Waals surface area contributed by atoms with Gasteiger partial charge in [0, 0.05) is 51.4 Å². The minimum atomic E-state index is -1.22. The van der Waals surface area contributed by atoms with Crippen molar-refractivity contribution in [2.75, 3.05) is 79.0 Å². The number of piperidine rings is 1.